The lowest BCUT2D eigenvalue weighted by atomic mass is 10.3. The minimum Gasteiger partial charge on any atom is -0.373 e. The fourth-order valence-electron chi connectivity index (χ4n) is 2.16. The van der Waals surface area contributed by atoms with Crippen molar-refractivity contribution in [2.45, 2.75) is 13.2 Å². The zero-order valence-corrected chi connectivity index (χ0v) is 16.8. The molecular formula is C20H24N2O6S. The lowest BCUT2D eigenvalue weighted by Gasteiger charge is -2.08. The minimum absolute atomic E-state index is 0.0738. The largest absolute Gasteiger partial charge is 0.400 e. The summed E-state index contributed by atoms with van der Waals surface area (Å²) >= 11 is 0. The summed E-state index contributed by atoms with van der Waals surface area (Å²) in [6.45, 7) is 7.59. The Morgan fingerprint density at radius 3 is 1.62 bits per heavy atom. The van der Waals surface area contributed by atoms with Crippen LogP contribution in [-0.4, -0.2) is 44.8 Å². The third-order valence-corrected chi connectivity index (χ3v) is 4.40. The van der Waals surface area contributed by atoms with Crippen molar-refractivity contribution in [3.05, 3.63) is 72.3 Å². The van der Waals surface area contributed by atoms with E-state index in [2.05, 4.69) is 23.1 Å². The third-order valence-electron chi connectivity index (χ3n) is 3.49. The molecule has 0 aliphatic rings. The molecule has 2 rings (SSSR count). The lowest BCUT2D eigenvalue weighted by molar-refractivity contribution is 0.0669. The van der Waals surface area contributed by atoms with Crippen molar-refractivity contribution in [3.63, 3.8) is 0 Å². The number of hydrogen-bond donors (Lipinski definition) is 0. The number of rotatable bonds is 14. The lowest BCUT2D eigenvalue weighted by Crippen LogP contribution is -2.16. The molecule has 9 heteroatoms. The van der Waals surface area contributed by atoms with Crippen molar-refractivity contribution in [2.24, 2.45) is 0 Å². The molecule has 0 aromatic carbocycles. The average molecular weight is 420 g/mol. The van der Waals surface area contributed by atoms with E-state index in [0.29, 0.717) is 11.4 Å². The summed E-state index contributed by atoms with van der Waals surface area (Å²) in [7, 11) is -4.11. The number of ether oxygens (including phenoxy) is 2. The molecular weight excluding hydrogens is 396 g/mol. The second-order valence-electron chi connectivity index (χ2n) is 5.67. The van der Waals surface area contributed by atoms with Crippen molar-refractivity contribution < 1.29 is 26.3 Å². The fourth-order valence-corrected chi connectivity index (χ4v) is 2.77. The number of aromatic nitrogens is 2. The van der Waals surface area contributed by atoms with Gasteiger partial charge in [0.05, 0.1) is 62.4 Å². The van der Waals surface area contributed by atoms with Crippen LogP contribution in [0.1, 0.15) is 22.8 Å². The van der Waals surface area contributed by atoms with Crippen LogP contribution in [0.4, 0.5) is 0 Å². The molecule has 0 unspecified atom stereocenters. The second-order valence-corrected chi connectivity index (χ2v) is 6.96. The first kappa shape index (κ1) is 22.9. The molecule has 0 aliphatic heterocycles. The summed E-state index contributed by atoms with van der Waals surface area (Å²) in [6, 6.07) is 10.9. The van der Waals surface area contributed by atoms with Gasteiger partial charge in [0, 0.05) is 0 Å². The number of pyridine rings is 2. The summed E-state index contributed by atoms with van der Waals surface area (Å²) in [5.74, 6) is 0. The Morgan fingerprint density at radius 1 is 0.759 bits per heavy atom. The van der Waals surface area contributed by atoms with E-state index in [0.717, 1.165) is 11.4 Å². The third kappa shape index (κ3) is 9.07. The van der Waals surface area contributed by atoms with Crippen LogP contribution in [-0.2, 0) is 41.5 Å². The van der Waals surface area contributed by atoms with Crippen LogP contribution < -0.4 is 0 Å². The van der Waals surface area contributed by atoms with Gasteiger partial charge in [0.1, 0.15) is 0 Å². The molecule has 0 radical (unpaired) electrons. The summed E-state index contributed by atoms with van der Waals surface area (Å²) < 4.78 is 43.4. The highest BCUT2D eigenvalue weighted by atomic mass is 32.3. The summed E-state index contributed by atoms with van der Waals surface area (Å²) in [6.07, 6.45) is 3.27. The zero-order valence-electron chi connectivity index (χ0n) is 16.0. The fraction of sp³-hybridized carbons (Fsp3) is 0.300. The second kappa shape index (κ2) is 12.2. The monoisotopic (exact) mass is 420 g/mol. The van der Waals surface area contributed by atoms with Crippen LogP contribution in [0.15, 0.2) is 49.6 Å². The van der Waals surface area contributed by atoms with Gasteiger partial charge in [-0.1, -0.05) is 25.3 Å². The topological polar surface area (TPSA) is 96.8 Å². The van der Waals surface area contributed by atoms with Gasteiger partial charge in [-0.05, 0) is 36.4 Å². The number of nitrogens with zero attached hydrogens (tertiary/aromatic N) is 2. The van der Waals surface area contributed by atoms with Gasteiger partial charge in [-0.15, -0.1) is 0 Å². The van der Waals surface area contributed by atoms with Gasteiger partial charge >= 0.3 is 10.4 Å². The van der Waals surface area contributed by atoms with Crippen LogP contribution in [0.2, 0.25) is 0 Å². The molecule has 0 saturated carbocycles. The predicted molar refractivity (Wildman–Crippen MR) is 109 cm³/mol. The van der Waals surface area contributed by atoms with Gasteiger partial charge < -0.3 is 9.47 Å². The molecule has 0 N–H and O–H groups in total. The van der Waals surface area contributed by atoms with Crippen LogP contribution >= 0.6 is 0 Å². The normalized spacial score (nSPS) is 11.3. The quantitative estimate of drug-likeness (QED) is 0.431. The molecule has 0 spiro atoms. The van der Waals surface area contributed by atoms with Gasteiger partial charge in [0.2, 0.25) is 0 Å². The Hall–Kier alpha value is -2.43. The van der Waals surface area contributed by atoms with Gasteiger partial charge in [0.25, 0.3) is 0 Å². The molecule has 0 aliphatic carbocycles. The van der Waals surface area contributed by atoms with Crippen LogP contribution in [0, 0.1) is 0 Å². The smallest absolute Gasteiger partial charge is 0.373 e. The molecule has 8 nitrogen and oxygen atoms in total. The van der Waals surface area contributed by atoms with Crippen LogP contribution in [0.3, 0.4) is 0 Å². The van der Waals surface area contributed by atoms with Crippen molar-refractivity contribution in [1.82, 2.24) is 9.97 Å². The van der Waals surface area contributed by atoms with Crippen molar-refractivity contribution in [1.29, 1.82) is 0 Å². The Balaban J connectivity index is 1.57. The summed E-state index contributed by atoms with van der Waals surface area (Å²) in [4.78, 5) is 8.55. The molecule has 29 heavy (non-hydrogen) atoms. The van der Waals surface area contributed by atoms with Gasteiger partial charge in [-0.2, -0.15) is 8.42 Å². The highest BCUT2D eigenvalue weighted by Crippen LogP contribution is 2.04. The Bertz CT molecular complexity index is 834. The van der Waals surface area contributed by atoms with Crippen molar-refractivity contribution >= 4 is 22.6 Å². The van der Waals surface area contributed by atoms with Gasteiger partial charge in [0.15, 0.2) is 0 Å². The highest BCUT2D eigenvalue weighted by Gasteiger charge is 2.11. The average Bonchev–Trinajstić information content (AvgIpc) is 2.73. The molecule has 2 aromatic heterocycles. The maximum absolute atomic E-state index is 11.7. The number of hydrogen-bond acceptors (Lipinski definition) is 8. The standard InChI is InChI=1S/C20H24N2O6S/c1-3-17-7-5-9-19(21-17)15-25-11-13-27-29(23,24)28-14-12-26-16-20-10-6-8-18(4-2)22-20/h3-10H,1-2,11-16H2. The summed E-state index contributed by atoms with van der Waals surface area (Å²) in [5.41, 5.74) is 2.91. The van der Waals surface area contributed by atoms with E-state index in [4.69, 9.17) is 17.8 Å². The molecule has 0 amide bonds. The molecule has 2 aromatic rings. The first-order valence-corrected chi connectivity index (χ1v) is 10.2. The molecule has 0 atom stereocenters. The van der Waals surface area contributed by atoms with Crippen LogP contribution in [0.25, 0.3) is 12.2 Å². The molecule has 2 heterocycles. The van der Waals surface area contributed by atoms with E-state index in [1.165, 1.54) is 0 Å². The maximum Gasteiger partial charge on any atom is 0.400 e. The Kier molecular flexibility index (Phi) is 9.62. The van der Waals surface area contributed by atoms with Crippen molar-refractivity contribution in [2.75, 3.05) is 26.4 Å². The molecule has 0 fully saturated rings. The first-order chi connectivity index (χ1) is 14.0. The zero-order chi connectivity index (χ0) is 21.0. The highest BCUT2D eigenvalue weighted by molar-refractivity contribution is 7.81. The first-order valence-electron chi connectivity index (χ1n) is 8.88. The van der Waals surface area contributed by atoms with Crippen molar-refractivity contribution in [3.8, 4) is 0 Å². The Morgan fingerprint density at radius 2 is 1.21 bits per heavy atom. The van der Waals surface area contributed by atoms with Gasteiger partial charge in [-0.3, -0.25) is 9.97 Å². The molecule has 156 valence electrons. The maximum atomic E-state index is 11.7. The van der Waals surface area contributed by atoms with Crippen LogP contribution in [0.5, 0.6) is 0 Å². The molecule has 0 saturated heterocycles. The van der Waals surface area contributed by atoms with E-state index in [1.54, 1.807) is 24.3 Å². The molecule has 0 bridgehead atoms. The van der Waals surface area contributed by atoms with E-state index in [-0.39, 0.29) is 39.6 Å². The van der Waals surface area contributed by atoms with E-state index < -0.39 is 10.4 Å². The Labute approximate surface area is 171 Å². The van der Waals surface area contributed by atoms with Gasteiger partial charge in [-0.25, -0.2) is 8.37 Å². The minimum atomic E-state index is -4.11. The van der Waals surface area contributed by atoms with E-state index in [1.807, 2.05) is 24.3 Å². The summed E-state index contributed by atoms with van der Waals surface area (Å²) in [5, 5.41) is 0. The SMILES string of the molecule is C=Cc1cccc(COCCOS(=O)(=O)OCCOCc2cccc(C=C)n2)n1. The van der Waals surface area contributed by atoms with E-state index in [9.17, 15) is 8.42 Å². The predicted octanol–water partition coefficient (Wildman–Crippen LogP) is 2.77. The van der Waals surface area contributed by atoms with E-state index >= 15 is 0 Å².